The molecule has 4 rings (SSSR count). The van der Waals surface area contributed by atoms with E-state index in [9.17, 15) is 8.42 Å². The van der Waals surface area contributed by atoms with Crippen LogP contribution in [0.15, 0.2) is 23.1 Å². The van der Waals surface area contributed by atoms with Crippen LogP contribution in [-0.4, -0.2) is 51.5 Å². The lowest BCUT2D eigenvalue weighted by atomic mass is 10.0. The zero-order valence-electron chi connectivity index (χ0n) is 14.6. The molecule has 0 aliphatic carbocycles. The fraction of sp³-hybridized carbons (Fsp3) is 0.667. The summed E-state index contributed by atoms with van der Waals surface area (Å²) in [6.07, 6.45) is 6.41. The normalized spacial score (nSPS) is 22.5. The lowest BCUT2D eigenvalue weighted by molar-refractivity contribution is 0.346. The van der Waals surface area contributed by atoms with Gasteiger partial charge in [0.1, 0.15) is 0 Å². The summed E-state index contributed by atoms with van der Waals surface area (Å²) < 4.78 is 27.6. The Labute approximate surface area is 157 Å². The Morgan fingerprint density at radius 2 is 1.72 bits per heavy atom. The standard InChI is InChI=1S/C18H27N3O2S.ClH/c22-24(23,20-11-2-1-3-12-20)17-5-4-15-8-13-21(18(15)14-17)16-6-9-19-10-7-16;/h4-5,14,16,19H,1-3,6-13H2;1H. The number of nitrogens with zero attached hydrogens (tertiary/aromatic N) is 2. The van der Waals surface area contributed by atoms with E-state index in [0.29, 0.717) is 24.0 Å². The van der Waals surface area contributed by atoms with Crippen LogP contribution in [0.25, 0.3) is 0 Å². The maximum atomic E-state index is 13.0. The second-order valence-corrected chi connectivity index (χ2v) is 9.12. The van der Waals surface area contributed by atoms with Crippen molar-refractivity contribution in [3.63, 3.8) is 0 Å². The second kappa shape index (κ2) is 7.82. The molecule has 0 amide bonds. The van der Waals surface area contributed by atoms with Crippen LogP contribution >= 0.6 is 12.4 Å². The zero-order chi connectivity index (χ0) is 16.6. The van der Waals surface area contributed by atoms with E-state index < -0.39 is 10.0 Å². The number of sulfonamides is 1. The van der Waals surface area contributed by atoms with Crippen LogP contribution in [0.5, 0.6) is 0 Å². The molecule has 0 aromatic heterocycles. The van der Waals surface area contributed by atoms with E-state index in [2.05, 4.69) is 10.2 Å². The fourth-order valence-corrected chi connectivity index (χ4v) is 5.83. The van der Waals surface area contributed by atoms with Gasteiger partial charge in [-0.05, 0) is 62.9 Å². The Hall–Kier alpha value is -0.820. The minimum absolute atomic E-state index is 0. The van der Waals surface area contributed by atoms with Gasteiger partial charge >= 0.3 is 0 Å². The summed E-state index contributed by atoms with van der Waals surface area (Å²) in [5.74, 6) is 0. The first-order chi connectivity index (χ1) is 11.7. The van der Waals surface area contributed by atoms with Crippen molar-refractivity contribution in [2.75, 3.05) is 37.6 Å². The molecule has 1 N–H and O–H groups in total. The molecule has 1 aromatic rings. The Bertz CT molecular complexity index is 698. The maximum Gasteiger partial charge on any atom is 0.243 e. The van der Waals surface area contributed by atoms with E-state index in [0.717, 1.165) is 63.8 Å². The van der Waals surface area contributed by atoms with Crippen LogP contribution in [0.2, 0.25) is 0 Å². The molecule has 2 fully saturated rings. The number of hydrogen-bond acceptors (Lipinski definition) is 4. The minimum atomic E-state index is -3.34. The Balaban J connectivity index is 0.00000182. The van der Waals surface area contributed by atoms with E-state index in [-0.39, 0.29) is 12.4 Å². The summed E-state index contributed by atoms with van der Waals surface area (Å²) in [4.78, 5) is 2.93. The van der Waals surface area contributed by atoms with Crippen molar-refractivity contribution in [1.82, 2.24) is 9.62 Å². The van der Waals surface area contributed by atoms with Gasteiger partial charge in [0, 0.05) is 31.4 Å². The van der Waals surface area contributed by atoms with Crippen LogP contribution in [-0.2, 0) is 16.4 Å². The van der Waals surface area contributed by atoms with Crippen LogP contribution in [0.1, 0.15) is 37.7 Å². The van der Waals surface area contributed by atoms with Crippen LogP contribution in [0, 0.1) is 0 Å². The molecule has 2 saturated heterocycles. The van der Waals surface area contributed by atoms with Gasteiger partial charge in [-0.2, -0.15) is 4.31 Å². The molecule has 1 aromatic carbocycles. The average molecular weight is 386 g/mol. The van der Waals surface area contributed by atoms with Gasteiger partial charge in [-0.1, -0.05) is 12.5 Å². The number of nitrogens with one attached hydrogen (secondary N) is 1. The minimum Gasteiger partial charge on any atom is -0.368 e. The van der Waals surface area contributed by atoms with Gasteiger partial charge in [0.2, 0.25) is 10.0 Å². The van der Waals surface area contributed by atoms with Crippen molar-refractivity contribution < 1.29 is 8.42 Å². The first-order valence-electron chi connectivity index (χ1n) is 9.27. The molecule has 5 nitrogen and oxygen atoms in total. The monoisotopic (exact) mass is 385 g/mol. The molecule has 3 heterocycles. The Kier molecular flexibility index (Phi) is 5.93. The topological polar surface area (TPSA) is 52.7 Å². The Morgan fingerprint density at radius 1 is 1.00 bits per heavy atom. The van der Waals surface area contributed by atoms with Crippen LogP contribution in [0.4, 0.5) is 5.69 Å². The predicted octanol–water partition coefficient (Wildman–Crippen LogP) is 2.40. The summed E-state index contributed by atoms with van der Waals surface area (Å²) in [6, 6.07) is 6.33. The highest BCUT2D eigenvalue weighted by atomic mass is 35.5. The van der Waals surface area contributed by atoms with Gasteiger partial charge in [-0.15, -0.1) is 12.4 Å². The molecule has 0 unspecified atom stereocenters. The summed E-state index contributed by atoms with van der Waals surface area (Å²) in [7, 11) is -3.34. The third-order valence-corrected chi connectivity index (χ3v) is 7.59. The summed E-state index contributed by atoms with van der Waals surface area (Å²) in [5, 5.41) is 3.41. The molecular formula is C18H28ClN3O2S. The number of anilines is 1. The molecule has 25 heavy (non-hydrogen) atoms. The van der Waals surface area contributed by atoms with E-state index in [4.69, 9.17) is 0 Å². The van der Waals surface area contributed by atoms with E-state index in [1.807, 2.05) is 18.2 Å². The molecule has 0 radical (unpaired) electrons. The molecule has 0 bridgehead atoms. The Morgan fingerprint density at radius 3 is 2.44 bits per heavy atom. The van der Waals surface area contributed by atoms with Gasteiger partial charge in [-0.3, -0.25) is 0 Å². The molecule has 0 saturated carbocycles. The first kappa shape index (κ1) is 19.0. The second-order valence-electron chi connectivity index (χ2n) is 7.18. The first-order valence-corrected chi connectivity index (χ1v) is 10.7. The van der Waals surface area contributed by atoms with Crippen molar-refractivity contribution in [3.05, 3.63) is 23.8 Å². The number of fused-ring (bicyclic) bond motifs is 1. The van der Waals surface area contributed by atoms with Gasteiger partial charge in [0.15, 0.2) is 0 Å². The quantitative estimate of drug-likeness (QED) is 0.868. The van der Waals surface area contributed by atoms with Crippen molar-refractivity contribution in [2.24, 2.45) is 0 Å². The third-order valence-electron chi connectivity index (χ3n) is 5.69. The molecule has 3 aliphatic rings. The molecular weight excluding hydrogens is 358 g/mol. The molecule has 0 spiro atoms. The van der Waals surface area contributed by atoms with Gasteiger partial charge in [-0.25, -0.2) is 8.42 Å². The molecule has 140 valence electrons. The van der Waals surface area contributed by atoms with Gasteiger partial charge < -0.3 is 10.2 Å². The van der Waals surface area contributed by atoms with E-state index in [1.165, 1.54) is 5.56 Å². The van der Waals surface area contributed by atoms with Gasteiger partial charge in [0.05, 0.1) is 4.90 Å². The van der Waals surface area contributed by atoms with E-state index >= 15 is 0 Å². The lowest BCUT2D eigenvalue weighted by Crippen LogP contribution is -2.42. The van der Waals surface area contributed by atoms with Crippen molar-refractivity contribution in [3.8, 4) is 0 Å². The van der Waals surface area contributed by atoms with Crippen LogP contribution < -0.4 is 10.2 Å². The average Bonchev–Trinajstić information content (AvgIpc) is 3.06. The van der Waals surface area contributed by atoms with E-state index in [1.54, 1.807) is 4.31 Å². The van der Waals surface area contributed by atoms with Crippen molar-refractivity contribution in [2.45, 2.75) is 49.5 Å². The third kappa shape index (κ3) is 3.68. The summed E-state index contributed by atoms with van der Waals surface area (Å²) >= 11 is 0. The smallest absolute Gasteiger partial charge is 0.243 e. The fourth-order valence-electron chi connectivity index (χ4n) is 4.30. The molecule has 3 aliphatic heterocycles. The predicted molar refractivity (Wildman–Crippen MR) is 103 cm³/mol. The number of rotatable bonds is 3. The number of piperidine rings is 2. The highest BCUT2D eigenvalue weighted by Crippen LogP contribution is 2.34. The largest absolute Gasteiger partial charge is 0.368 e. The highest BCUT2D eigenvalue weighted by molar-refractivity contribution is 7.89. The maximum absolute atomic E-state index is 13.0. The highest BCUT2D eigenvalue weighted by Gasteiger charge is 2.31. The van der Waals surface area contributed by atoms with Crippen molar-refractivity contribution in [1.29, 1.82) is 0 Å². The number of benzene rings is 1. The van der Waals surface area contributed by atoms with Crippen LogP contribution in [0.3, 0.4) is 0 Å². The SMILES string of the molecule is Cl.O=S(=O)(c1ccc2c(c1)N(C1CCNCC1)CC2)N1CCCCC1. The summed E-state index contributed by atoms with van der Waals surface area (Å²) in [6.45, 7) is 4.46. The molecule has 0 atom stereocenters. The van der Waals surface area contributed by atoms with Gasteiger partial charge in [0.25, 0.3) is 0 Å². The zero-order valence-corrected chi connectivity index (χ0v) is 16.2. The number of hydrogen-bond donors (Lipinski definition) is 1. The molecule has 7 heteroatoms. The number of halogens is 1. The lowest BCUT2D eigenvalue weighted by Gasteiger charge is -2.34. The van der Waals surface area contributed by atoms with Crippen molar-refractivity contribution >= 4 is 28.1 Å². The summed E-state index contributed by atoms with van der Waals surface area (Å²) in [5.41, 5.74) is 2.45.